The molecule has 0 radical (unpaired) electrons. The molecule has 20 heavy (non-hydrogen) atoms. The number of hydrogen-bond acceptors (Lipinski definition) is 8. The van der Waals surface area contributed by atoms with Gasteiger partial charge in [-0.1, -0.05) is 6.92 Å². The van der Waals surface area contributed by atoms with Gasteiger partial charge in [0, 0.05) is 23.7 Å². The van der Waals surface area contributed by atoms with E-state index < -0.39 is 0 Å². The minimum absolute atomic E-state index is 0.641. The molecule has 0 fully saturated rings. The number of nitrogens with zero attached hydrogens (tertiary/aromatic N) is 4. The molecule has 3 rings (SSSR count). The third-order valence-corrected chi connectivity index (χ3v) is 5.39. The first-order chi connectivity index (χ1) is 9.69. The van der Waals surface area contributed by atoms with Crippen LogP contribution in [0.3, 0.4) is 0 Å². The van der Waals surface area contributed by atoms with E-state index in [2.05, 4.69) is 44.6 Å². The van der Waals surface area contributed by atoms with Crippen molar-refractivity contribution in [3.05, 3.63) is 16.8 Å². The maximum atomic E-state index is 4.55. The minimum Gasteiger partial charge on any atom is -0.357 e. The van der Waals surface area contributed by atoms with E-state index in [4.69, 9.17) is 0 Å². The van der Waals surface area contributed by atoms with Gasteiger partial charge in [0.25, 0.3) is 0 Å². The Morgan fingerprint density at radius 1 is 1.30 bits per heavy atom. The van der Waals surface area contributed by atoms with E-state index in [9.17, 15) is 0 Å². The van der Waals surface area contributed by atoms with Crippen LogP contribution < -0.4 is 5.32 Å². The van der Waals surface area contributed by atoms with Gasteiger partial charge in [0.1, 0.15) is 15.7 Å². The lowest BCUT2D eigenvalue weighted by atomic mass is 10.4. The number of thiophene rings is 1. The fourth-order valence-corrected chi connectivity index (χ4v) is 4.37. The van der Waals surface area contributed by atoms with E-state index in [1.54, 1.807) is 23.1 Å². The zero-order valence-corrected chi connectivity index (χ0v) is 13.7. The van der Waals surface area contributed by atoms with Crippen LogP contribution in [0.15, 0.2) is 15.4 Å². The van der Waals surface area contributed by atoms with Gasteiger partial charge in [-0.25, -0.2) is 15.0 Å². The highest BCUT2D eigenvalue weighted by molar-refractivity contribution is 8.01. The zero-order chi connectivity index (χ0) is 14.1. The lowest BCUT2D eigenvalue weighted by Gasteiger charge is -2.02. The molecule has 0 aliphatic carbocycles. The van der Waals surface area contributed by atoms with E-state index in [0.717, 1.165) is 31.8 Å². The zero-order valence-electron chi connectivity index (χ0n) is 11.3. The van der Waals surface area contributed by atoms with Crippen LogP contribution in [0.25, 0.3) is 10.2 Å². The van der Waals surface area contributed by atoms with E-state index in [0.29, 0.717) is 5.95 Å². The highest BCUT2D eigenvalue weighted by atomic mass is 32.2. The maximum Gasteiger partial charge on any atom is 0.224 e. The third kappa shape index (κ3) is 2.63. The Morgan fingerprint density at radius 3 is 2.85 bits per heavy atom. The van der Waals surface area contributed by atoms with E-state index in [1.807, 2.05) is 7.05 Å². The van der Waals surface area contributed by atoms with Gasteiger partial charge in [0.05, 0.1) is 0 Å². The summed E-state index contributed by atoms with van der Waals surface area (Å²) in [5, 5.41) is 5.03. The van der Waals surface area contributed by atoms with Crippen LogP contribution in [0, 0.1) is 6.92 Å². The van der Waals surface area contributed by atoms with Crippen LogP contribution in [0.1, 0.15) is 17.6 Å². The summed E-state index contributed by atoms with van der Waals surface area (Å²) in [5.41, 5.74) is 0. The van der Waals surface area contributed by atoms with Crippen LogP contribution >= 0.6 is 34.6 Å². The Labute approximate surface area is 129 Å². The van der Waals surface area contributed by atoms with Crippen molar-refractivity contribution in [1.82, 2.24) is 19.3 Å². The van der Waals surface area contributed by atoms with E-state index in [1.165, 1.54) is 16.4 Å². The standard InChI is InChI=1S/C12H13N5S3/c1-4-8-14-12(20-17-8)19-10-7-5-6(2)18-9(7)15-11(13-3)16-10/h5H,4H2,1-3H3,(H,13,15,16). The second kappa shape index (κ2) is 5.63. The molecule has 0 aromatic carbocycles. The molecule has 0 aliphatic heterocycles. The number of nitrogens with one attached hydrogen (secondary N) is 1. The summed E-state index contributed by atoms with van der Waals surface area (Å²) in [6.07, 6.45) is 0.857. The smallest absolute Gasteiger partial charge is 0.224 e. The molecule has 3 aromatic heterocycles. The number of fused-ring (bicyclic) bond motifs is 1. The molecule has 0 bridgehead atoms. The molecular formula is C12H13N5S3. The fourth-order valence-electron chi connectivity index (χ4n) is 1.71. The number of rotatable bonds is 4. The predicted molar refractivity (Wildman–Crippen MR) is 85.1 cm³/mol. The van der Waals surface area contributed by atoms with Crippen molar-refractivity contribution in [3.63, 3.8) is 0 Å². The molecule has 1 N–H and O–H groups in total. The second-order valence-electron chi connectivity index (χ2n) is 4.11. The fraction of sp³-hybridized carbons (Fsp3) is 0.333. The molecular weight excluding hydrogens is 310 g/mol. The van der Waals surface area contributed by atoms with E-state index >= 15 is 0 Å². The summed E-state index contributed by atoms with van der Waals surface area (Å²) in [5.74, 6) is 1.53. The number of hydrogen-bond donors (Lipinski definition) is 1. The first-order valence-corrected chi connectivity index (χ1v) is 8.56. The molecule has 0 spiro atoms. The largest absolute Gasteiger partial charge is 0.357 e. The topological polar surface area (TPSA) is 63.6 Å². The predicted octanol–water partition coefficient (Wildman–Crippen LogP) is 3.61. The Hall–Kier alpha value is -1.25. The van der Waals surface area contributed by atoms with Crippen LogP contribution in [0.5, 0.6) is 0 Å². The molecule has 0 saturated carbocycles. The monoisotopic (exact) mass is 323 g/mol. The molecule has 5 nitrogen and oxygen atoms in total. The van der Waals surface area contributed by atoms with Crippen LogP contribution in [-0.2, 0) is 6.42 Å². The molecule has 0 saturated heterocycles. The quantitative estimate of drug-likeness (QED) is 0.740. The average Bonchev–Trinajstić information content (AvgIpc) is 3.04. The van der Waals surface area contributed by atoms with Crippen molar-refractivity contribution >= 4 is 50.8 Å². The lowest BCUT2D eigenvalue weighted by Crippen LogP contribution is -1.96. The van der Waals surface area contributed by atoms with E-state index in [-0.39, 0.29) is 0 Å². The van der Waals surface area contributed by atoms with Crippen molar-refractivity contribution in [3.8, 4) is 0 Å². The average molecular weight is 323 g/mol. The van der Waals surface area contributed by atoms with Crippen LogP contribution in [0.4, 0.5) is 5.95 Å². The molecule has 0 unspecified atom stereocenters. The number of aromatic nitrogens is 4. The van der Waals surface area contributed by atoms with Gasteiger partial charge in [-0.2, -0.15) is 4.37 Å². The van der Waals surface area contributed by atoms with Gasteiger partial charge in [0.2, 0.25) is 5.95 Å². The molecule has 0 aliphatic rings. The van der Waals surface area contributed by atoms with Gasteiger partial charge in [-0.05, 0) is 36.3 Å². The van der Waals surface area contributed by atoms with Crippen molar-refractivity contribution in [2.24, 2.45) is 0 Å². The van der Waals surface area contributed by atoms with Gasteiger partial charge < -0.3 is 5.32 Å². The van der Waals surface area contributed by atoms with Crippen molar-refractivity contribution < 1.29 is 0 Å². The highest BCUT2D eigenvalue weighted by Gasteiger charge is 2.13. The van der Waals surface area contributed by atoms with Gasteiger partial charge >= 0.3 is 0 Å². The SMILES string of the molecule is CCc1nsc(Sc2nc(NC)nc3sc(C)cc23)n1. The first kappa shape index (κ1) is 13.7. The van der Waals surface area contributed by atoms with Crippen molar-refractivity contribution in [1.29, 1.82) is 0 Å². The van der Waals surface area contributed by atoms with Crippen LogP contribution in [-0.4, -0.2) is 26.4 Å². The summed E-state index contributed by atoms with van der Waals surface area (Å²) in [6.45, 7) is 4.14. The normalized spacial score (nSPS) is 11.2. The molecule has 8 heteroatoms. The first-order valence-electron chi connectivity index (χ1n) is 6.16. The van der Waals surface area contributed by atoms with Gasteiger partial charge in [0.15, 0.2) is 4.34 Å². The molecule has 0 amide bonds. The molecule has 3 aromatic rings. The summed E-state index contributed by atoms with van der Waals surface area (Å²) >= 11 is 4.66. The summed E-state index contributed by atoms with van der Waals surface area (Å²) in [6, 6.07) is 2.13. The minimum atomic E-state index is 0.641. The highest BCUT2D eigenvalue weighted by Crippen LogP contribution is 2.36. The van der Waals surface area contributed by atoms with Gasteiger partial charge in [-0.3, -0.25) is 0 Å². The maximum absolute atomic E-state index is 4.55. The van der Waals surface area contributed by atoms with Crippen LogP contribution in [0.2, 0.25) is 0 Å². The van der Waals surface area contributed by atoms with Crippen molar-refractivity contribution in [2.75, 3.05) is 12.4 Å². The Balaban J connectivity index is 2.04. The number of anilines is 1. The summed E-state index contributed by atoms with van der Waals surface area (Å²) in [4.78, 5) is 15.8. The lowest BCUT2D eigenvalue weighted by molar-refractivity contribution is 0.970. The summed E-state index contributed by atoms with van der Waals surface area (Å²) in [7, 11) is 1.83. The molecule has 0 atom stereocenters. The molecule has 104 valence electrons. The second-order valence-corrected chi connectivity index (χ2v) is 7.33. The third-order valence-electron chi connectivity index (χ3n) is 2.65. The number of aryl methyl sites for hydroxylation is 2. The summed E-state index contributed by atoms with van der Waals surface area (Å²) < 4.78 is 5.24. The Bertz CT molecular complexity index is 749. The Morgan fingerprint density at radius 2 is 2.15 bits per heavy atom. The molecule has 3 heterocycles. The Kier molecular flexibility index (Phi) is 3.86. The van der Waals surface area contributed by atoms with Crippen molar-refractivity contribution in [2.45, 2.75) is 29.6 Å². The van der Waals surface area contributed by atoms with Gasteiger partial charge in [-0.15, -0.1) is 11.3 Å².